The Morgan fingerprint density at radius 2 is 1.63 bits per heavy atom. The van der Waals surface area contributed by atoms with Crippen LogP contribution in [0.2, 0.25) is 0 Å². The number of para-hydroxylation sites is 1. The first-order valence-corrected chi connectivity index (χ1v) is 10.3. The Labute approximate surface area is 162 Å². The van der Waals surface area contributed by atoms with Crippen LogP contribution < -0.4 is 11.1 Å². The van der Waals surface area contributed by atoms with Gasteiger partial charge in [0.25, 0.3) is 5.91 Å². The summed E-state index contributed by atoms with van der Waals surface area (Å²) in [5.74, 6) is 0.174. The van der Waals surface area contributed by atoms with E-state index in [-0.39, 0.29) is 5.91 Å². The molecule has 1 heterocycles. The molecule has 1 aromatic carbocycles. The van der Waals surface area contributed by atoms with Gasteiger partial charge in [0.2, 0.25) is 5.89 Å². The van der Waals surface area contributed by atoms with Crippen molar-refractivity contribution in [1.29, 1.82) is 0 Å². The van der Waals surface area contributed by atoms with E-state index in [9.17, 15) is 4.79 Å². The average Bonchev–Trinajstić information content (AvgIpc) is 3.16. The lowest BCUT2D eigenvalue weighted by Crippen LogP contribution is -2.24. The van der Waals surface area contributed by atoms with E-state index in [1.807, 2.05) is 18.2 Å². The molecule has 0 saturated carbocycles. The fraction of sp³-hybridized carbons (Fsp3) is 0.545. The topological polar surface area (TPSA) is 81.2 Å². The molecule has 0 aliphatic carbocycles. The fourth-order valence-electron chi connectivity index (χ4n) is 3.10. The second kappa shape index (κ2) is 12.2. The largest absolute Gasteiger partial charge is 0.444 e. The first kappa shape index (κ1) is 21.0. The number of nitrogens with two attached hydrogens (primary N) is 1. The fourth-order valence-corrected chi connectivity index (χ4v) is 3.10. The summed E-state index contributed by atoms with van der Waals surface area (Å²) >= 11 is 0. The van der Waals surface area contributed by atoms with Crippen LogP contribution in [0.3, 0.4) is 0 Å². The molecule has 2 rings (SSSR count). The Morgan fingerprint density at radius 3 is 2.30 bits per heavy atom. The van der Waals surface area contributed by atoms with Crippen molar-refractivity contribution in [3.8, 4) is 11.5 Å². The first-order valence-electron chi connectivity index (χ1n) is 10.3. The minimum atomic E-state index is -0.199. The predicted molar refractivity (Wildman–Crippen MR) is 111 cm³/mol. The predicted octanol–water partition coefficient (Wildman–Crippen LogP) is 5.57. The average molecular weight is 372 g/mol. The summed E-state index contributed by atoms with van der Waals surface area (Å²) in [7, 11) is 0. The molecular weight excluding hydrogens is 338 g/mol. The molecule has 0 unspecified atom stereocenters. The van der Waals surface area contributed by atoms with E-state index in [4.69, 9.17) is 10.2 Å². The summed E-state index contributed by atoms with van der Waals surface area (Å²) in [6.07, 6.45) is 14.2. The molecule has 0 spiro atoms. The Morgan fingerprint density at radius 1 is 1.00 bits per heavy atom. The van der Waals surface area contributed by atoms with Crippen LogP contribution in [-0.4, -0.2) is 17.4 Å². The van der Waals surface area contributed by atoms with E-state index in [0.29, 0.717) is 29.4 Å². The Hall–Kier alpha value is -2.30. The number of nitrogens with zero attached hydrogens (tertiary/aromatic N) is 1. The zero-order valence-electron chi connectivity index (χ0n) is 16.5. The number of nitrogen functional groups attached to an aromatic ring is 1. The van der Waals surface area contributed by atoms with Crippen LogP contribution in [0.5, 0.6) is 0 Å². The van der Waals surface area contributed by atoms with Gasteiger partial charge in [-0.3, -0.25) is 4.79 Å². The molecule has 0 aliphatic heterocycles. The number of anilines is 1. The van der Waals surface area contributed by atoms with Gasteiger partial charge in [-0.1, -0.05) is 76.8 Å². The van der Waals surface area contributed by atoms with Gasteiger partial charge in [-0.25, -0.2) is 4.98 Å². The number of carbonyl (C=O) groups is 1. The number of hydrogen-bond acceptors (Lipinski definition) is 4. The number of oxazole rings is 1. The van der Waals surface area contributed by atoms with Crippen molar-refractivity contribution in [2.75, 3.05) is 12.3 Å². The number of amides is 1. The molecular formula is C22H33N3O2. The molecule has 5 nitrogen and oxygen atoms in total. The minimum absolute atomic E-state index is 0.199. The molecule has 148 valence electrons. The van der Waals surface area contributed by atoms with Crippen LogP contribution in [0.25, 0.3) is 11.5 Å². The maximum absolute atomic E-state index is 12.2. The summed E-state index contributed by atoms with van der Waals surface area (Å²) in [6, 6.07) is 7.32. The van der Waals surface area contributed by atoms with Crippen LogP contribution in [0.4, 0.5) is 5.69 Å². The summed E-state index contributed by atoms with van der Waals surface area (Å²) in [4.78, 5) is 16.4. The number of unbranched alkanes of at least 4 members (excludes halogenated alkanes) is 9. The van der Waals surface area contributed by atoms with Crippen molar-refractivity contribution >= 4 is 11.6 Å². The summed E-state index contributed by atoms with van der Waals surface area (Å²) in [5.41, 5.74) is 7.49. The van der Waals surface area contributed by atoms with Gasteiger partial charge in [0, 0.05) is 12.2 Å². The maximum Gasteiger partial charge on any atom is 0.273 e. The van der Waals surface area contributed by atoms with Gasteiger partial charge in [-0.2, -0.15) is 0 Å². The van der Waals surface area contributed by atoms with Crippen molar-refractivity contribution in [3.63, 3.8) is 0 Å². The van der Waals surface area contributed by atoms with Gasteiger partial charge in [0.1, 0.15) is 6.26 Å². The second-order valence-electron chi connectivity index (χ2n) is 7.06. The molecule has 0 bridgehead atoms. The van der Waals surface area contributed by atoms with Gasteiger partial charge in [0.05, 0.1) is 5.56 Å². The highest BCUT2D eigenvalue weighted by Gasteiger charge is 2.14. The molecule has 0 radical (unpaired) electrons. The van der Waals surface area contributed by atoms with Gasteiger partial charge in [-0.15, -0.1) is 0 Å². The molecule has 3 N–H and O–H groups in total. The highest BCUT2D eigenvalue weighted by molar-refractivity contribution is 5.92. The lowest BCUT2D eigenvalue weighted by Gasteiger charge is -2.04. The Bertz CT molecular complexity index is 682. The van der Waals surface area contributed by atoms with E-state index in [1.165, 1.54) is 57.6 Å². The smallest absolute Gasteiger partial charge is 0.273 e. The zero-order valence-corrected chi connectivity index (χ0v) is 16.5. The second-order valence-corrected chi connectivity index (χ2v) is 7.06. The summed E-state index contributed by atoms with van der Waals surface area (Å²) in [6.45, 7) is 2.92. The molecule has 1 aromatic heterocycles. The molecule has 0 atom stereocenters. The van der Waals surface area contributed by atoms with E-state index in [0.717, 1.165) is 12.8 Å². The number of carbonyl (C=O) groups excluding carboxylic acids is 1. The Balaban J connectivity index is 1.58. The molecule has 5 heteroatoms. The van der Waals surface area contributed by atoms with Gasteiger partial charge >= 0.3 is 0 Å². The Kier molecular flexibility index (Phi) is 9.45. The zero-order chi connectivity index (χ0) is 19.3. The summed E-state index contributed by atoms with van der Waals surface area (Å²) < 4.78 is 5.41. The quantitative estimate of drug-likeness (QED) is 0.356. The lowest BCUT2D eigenvalue weighted by molar-refractivity contribution is 0.0948. The molecule has 1 amide bonds. The van der Waals surface area contributed by atoms with Crippen molar-refractivity contribution in [3.05, 3.63) is 36.2 Å². The van der Waals surface area contributed by atoms with E-state index < -0.39 is 0 Å². The highest BCUT2D eigenvalue weighted by Crippen LogP contribution is 2.24. The minimum Gasteiger partial charge on any atom is -0.444 e. The van der Waals surface area contributed by atoms with Crippen LogP contribution in [0, 0.1) is 0 Å². The van der Waals surface area contributed by atoms with E-state index >= 15 is 0 Å². The number of benzene rings is 1. The van der Waals surface area contributed by atoms with Crippen LogP contribution in [0.1, 0.15) is 81.6 Å². The normalized spacial score (nSPS) is 10.9. The van der Waals surface area contributed by atoms with E-state index in [1.54, 1.807) is 6.07 Å². The molecule has 0 fully saturated rings. The highest BCUT2D eigenvalue weighted by atomic mass is 16.3. The number of hydrogen-bond donors (Lipinski definition) is 2. The molecule has 2 aromatic rings. The van der Waals surface area contributed by atoms with Crippen LogP contribution in [0.15, 0.2) is 34.9 Å². The van der Waals surface area contributed by atoms with Crippen molar-refractivity contribution in [1.82, 2.24) is 10.3 Å². The summed E-state index contributed by atoms with van der Waals surface area (Å²) in [5, 5.41) is 2.91. The third kappa shape index (κ3) is 7.45. The molecule has 0 aliphatic rings. The third-order valence-corrected chi connectivity index (χ3v) is 4.74. The standard InChI is InChI=1S/C22H33N3O2/c1-2-3-4-5-6-7-8-9-10-13-16-24-21(26)20-17-27-22(25-20)18-14-11-12-15-19(18)23/h11-12,14-15,17H,2-10,13,16,23H2,1H3,(H,24,26). The van der Waals surface area contributed by atoms with Gasteiger partial charge in [-0.05, 0) is 18.6 Å². The first-order chi connectivity index (χ1) is 13.2. The molecule has 27 heavy (non-hydrogen) atoms. The molecule has 0 saturated heterocycles. The van der Waals surface area contributed by atoms with Crippen LogP contribution in [-0.2, 0) is 0 Å². The third-order valence-electron chi connectivity index (χ3n) is 4.74. The van der Waals surface area contributed by atoms with Crippen LogP contribution >= 0.6 is 0 Å². The lowest BCUT2D eigenvalue weighted by atomic mass is 10.1. The van der Waals surface area contributed by atoms with Crippen molar-refractivity contribution in [2.24, 2.45) is 0 Å². The SMILES string of the molecule is CCCCCCCCCCCCNC(=O)c1coc(-c2ccccc2N)n1. The van der Waals surface area contributed by atoms with E-state index in [2.05, 4.69) is 17.2 Å². The monoisotopic (exact) mass is 371 g/mol. The van der Waals surface area contributed by atoms with Gasteiger partial charge in [0.15, 0.2) is 5.69 Å². The number of nitrogens with one attached hydrogen (secondary N) is 1. The van der Waals surface area contributed by atoms with Crippen molar-refractivity contribution < 1.29 is 9.21 Å². The van der Waals surface area contributed by atoms with Crippen molar-refractivity contribution in [2.45, 2.75) is 71.1 Å². The number of aromatic nitrogens is 1. The maximum atomic E-state index is 12.2. The van der Waals surface area contributed by atoms with Gasteiger partial charge < -0.3 is 15.5 Å². The number of rotatable bonds is 13.